The number of hydrogen-bond acceptors (Lipinski definition) is 2. The Hall–Kier alpha value is -1.55. The van der Waals surface area contributed by atoms with E-state index in [1.165, 1.54) is 5.56 Å². The highest BCUT2D eigenvalue weighted by Gasteiger charge is 2.30. The van der Waals surface area contributed by atoms with Gasteiger partial charge >= 0.3 is 6.03 Å². The number of rotatable bonds is 5. The van der Waals surface area contributed by atoms with Crippen LogP contribution >= 0.6 is 0 Å². The first-order valence-electron chi connectivity index (χ1n) is 7.43. The van der Waals surface area contributed by atoms with E-state index in [2.05, 4.69) is 10.6 Å². The fourth-order valence-corrected chi connectivity index (χ4v) is 2.44. The first-order valence-corrected chi connectivity index (χ1v) is 7.43. The van der Waals surface area contributed by atoms with Gasteiger partial charge in [0.1, 0.15) is 0 Å². The lowest BCUT2D eigenvalue weighted by Crippen LogP contribution is -2.44. The summed E-state index contributed by atoms with van der Waals surface area (Å²) in [5.41, 5.74) is 2.64. The Morgan fingerprint density at radius 1 is 1.29 bits per heavy atom. The molecule has 4 heteroatoms. The summed E-state index contributed by atoms with van der Waals surface area (Å²) < 4.78 is 0. The zero-order chi connectivity index (χ0) is 16.2. The molecule has 0 aromatic heterocycles. The number of nitrogens with one attached hydrogen (secondary N) is 2. The molecule has 1 rings (SSSR count). The molecule has 0 fully saturated rings. The number of aryl methyl sites for hydroxylation is 2. The van der Waals surface area contributed by atoms with E-state index in [0.717, 1.165) is 11.3 Å². The number of carbonyl (C=O) groups excluding carboxylic acids is 1. The van der Waals surface area contributed by atoms with Crippen molar-refractivity contribution in [3.63, 3.8) is 0 Å². The number of anilines is 1. The molecule has 0 bridgehead atoms. The van der Waals surface area contributed by atoms with Gasteiger partial charge in [0.15, 0.2) is 0 Å². The molecule has 0 heterocycles. The number of aliphatic hydroxyl groups is 1. The van der Waals surface area contributed by atoms with Gasteiger partial charge in [-0.1, -0.05) is 45.4 Å². The normalized spacial score (nSPS) is 13.1. The van der Waals surface area contributed by atoms with E-state index in [0.29, 0.717) is 6.54 Å². The summed E-state index contributed by atoms with van der Waals surface area (Å²) in [7, 11) is 0. The van der Waals surface area contributed by atoms with Crippen LogP contribution in [0.15, 0.2) is 18.2 Å². The monoisotopic (exact) mass is 292 g/mol. The minimum Gasteiger partial charge on any atom is -0.392 e. The molecule has 0 aliphatic rings. The molecule has 1 aromatic rings. The van der Waals surface area contributed by atoms with E-state index in [4.69, 9.17) is 0 Å². The highest BCUT2D eigenvalue weighted by molar-refractivity contribution is 5.90. The van der Waals surface area contributed by atoms with Crippen molar-refractivity contribution in [1.82, 2.24) is 5.32 Å². The van der Waals surface area contributed by atoms with Crippen LogP contribution in [0.1, 0.15) is 38.8 Å². The Balaban J connectivity index is 2.58. The lowest BCUT2D eigenvalue weighted by Gasteiger charge is -2.33. The number of carbonyl (C=O) groups is 1. The summed E-state index contributed by atoms with van der Waals surface area (Å²) in [6.07, 6.45) is -0.459. The van der Waals surface area contributed by atoms with Crippen molar-refractivity contribution in [3.05, 3.63) is 29.3 Å². The van der Waals surface area contributed by atoms with Gasteiger partial charge in [0.05, 0.1) is 6.10 Å². The average molecular weight is 292 g/mol. The number of benzene rings is 1. The van der Waals surface area contributed by atoms with E-state index in [1.54, 1.807) is 0 Å². The standard InChI is InChI=1S/C17H28N2O2/c1-11(2)15(20)17(5,6)10-18-16(21)19-14-8-7-12(3)9-13(14)4/h7-9,11,15,20H,10H2,1-6H3,(H2,18,19,21). The fourth-order valence-electron chi connectivity index (χ4n) is 2.44. The van der Waals surface area contributed by atoms with Crippen LogP contribution in [0.2, 0.25) is 0 Å². The largest absolute Gasteiger partial charge is 0.392 e. The summed E-state index contributed by atoms with van der Waals surface area (Å²) >= 11 is 0. The molecule has 0 saturated heterocycles. The van der Waals surface area contributed by atoms with Gasteiger partial charge < -0.3 is 15.7 Å². The molecule has 0 aliphatic carbocycles. The van der Waals surface area contributed by atoms with Crippen molar-refractivity contribution in [2.75, 3.05) is 11.9 Å². The van der Waals surface area contributed by atoms with Crippen LogP contribution in [0.25, 0.3) is 0 Å². The van der Waals surface area contributed by atoms with Crippen LogP contribution < -0.4 is 10.6 Å². The predicted octanol–water partition coefficient (Wildman–Crippen LogP) is 3.47. The Morgan fingerprint density at radius 3 is 2.43 bits per heavy atom. The first-order chi connectivity index (χ1) is 9.63. The molecule has 1 atom stereocenters. The van der Waals surface area contributed by atoms with Gasteiger partial charge in [0, 0.05) is 17.6 Å². The Morgan fingerprint density at radius 2 is 1.90 bits per heavy atom. The molecule has 0 radical (unpaired) electrons. The Bertz CT molecular complexity index is 496. The maximum atomic E-state index is 12.0. The summed E-state index contributed by atoms with van der Waals surface area (Å²) in [6.45, 7) is 12.3. The number of hydrogen-bond donors (Lipinski definition) is 3. The number of amides is 2. The second-order valence-electron chi connectivity index (χ2n) is 6.80. The van der Waals surface area contributed by atoms with Crippen molar-refractivity contribution in [2.45, 2.75) is 47.6 Å². The Labute approximate surface area is 128 Å². The topological polar surface area (TPSA) is 61.4 Å². The minimum atomic E-state index is -0.459. The Kier molecular flexibility index (Phi) is 5.78. The molecule has 1 unspecified atom stereocenters. The van der Waals surface area contributed by atoms with Gasteiger partial charge in [0.2, 0.25) is 0 Å². The fraction of sp³-hybridized carbons (Fsp3) is 0.588. The van der Waals surface area contributed by atoms with Gasteiger partial charge in [-0.2, -0.15) is 0 Å². The third-order valence-electron chi connectivity index (χ3n) is 3.77. The number of urea groups is 1. The van der Waals surface area contributed by atoms with Gasteiger partial charge in [0.25, 0.3) is 0 Å². The molecule has 0 saturated carbocycles. The second kappa shape index (κ2) is 6.94. The zero-order valence-corrected chi connectivity index (χ0v) is 13.9. The summed E-state index contributed by atoms with van der Waals surface area (Å²) in [5, 5.41) is 15.8. The average Bonchev–Trinajstić information content (AvgIpc) is 2.39. The van der Waals surface area contributed by atoms with Gasteiger partial charge in [-0.25, -0.2) is 4.79 Å². The van der Waals surface area contributed by atoms with Crippen LogP contribution in [-0.4, -0.2) is 23.8 Å². The van der Waals surface area contributed by atoms with Crippen LogP contribution in [0.5, 0.6) is 0 Å². The van der Waals surface area contributed by atoms with E-state index in [-0.39, 0.29) is 17.4 Å². The van der Waals surface area contributed by atoms with Crippen molar-refractivity contribution in [1.29, 1.82) is 0 Å². The smallest absolute Gasteiger partial charge is 0.319 e. The molecule has 4 nitrogen and oxygen atoms in total. The van der Waals surface area contributed by atoms with Gasteiger partial charge in [-0.3, -0.25) is 0 Å². The number of aliphatic hydroxyl groups excluding tert-OH is 1. The molecular weight excluding hydrogens is 264 g/mol. The summed E-state index contributed by atoms with van der Waals surface area (Å²) in [6, 6.07) is 5.65. The zero-order valence-electron chi connectivity index (χ0n) is 13.9. The molecular formula is C17H28N2O2. The van der Waals surface area contributed by atoms with Crippen LogP contribution in [0.4, 0.5) is 10.5 Å². The molecule has 0 spiro atoms. The molecule has 3 N–H and O–H groups in total. The van der Waals surface area contributed by atoms with Crippen molar-refractivity contribution < 1.29 is 9.90 Å². The van der Waals surface area contributed by atoms with Crippen molar-refractivity contribution >= 4 is 11.7 Å². The maximum Gasteiger partial charge on any atom is 0.319 e. The van der Waals surface area contributed by atoms with E-state index in [1.807, 2.05) is 59.7 Å². The highest BCUT2D eigenvalue weighted by atomic mass is 16.3. The third-order valence-corrected chi connectivity index (χ3v) is 3.77. The van der Waals surface area contributed by atoms with Gasteiger partial charge in [-0.05, 0) is 31.4 Å². The van der Waals surface area contributed by atoms with Crippen LogP contribution in [-0.2, 0) is 0 Å². The molecule has 21 heavy (non-hydrogen) atoms. The second-order valence-corrected chi connectivity index (χ2v) is 6.80. The molecule has 0 aliphatic heterocycles. The predicted molar refractivity (Wildman–Crippen MR) is 87.6 cm³/mol. The minimum absolute atomic E-state index is 0.157. The highest BCUT2D eigenvalue weighted by Crippen LogP contribution is 2.25. The van der Waals surface area contributed by atoms with Crippen LogP contribution in [0, 0.1) is 25.2 Å². The van der Waals surface area contributed by atoms with E-state index in [9.17, 15) is 9.90 Å². The van der Waals surface area contributed by atoms with E-state index >= 15 is 0 Å². The van der Waals surface area contributed by atoms with Crippen molar-refractivity contribution in [3.8, 4) is 0 Å². The van der Waals surface area contributed by atoms with Crippen LogP contribution in [0.3, 0.4) is 0 Å². The maximum absolute atomic E-state index is 12.0. The molecule has 1 aromatic carbocycles. The lowest BCUT2D eigenvalue weighted by atomic mass is 9.81. The van der Waals surface area contributed by atoms with E-state index < -0.39 is 6.10 Å². The lowest BCUT2D eigenvalue weighted by molar-refractivity contribution is 0.0154. The quantitative estimate of drug-likeness (QED) is 0.778. The third kappa shape index (κ3) is 5.05. The summed E-state index contributed by atoms with van der Waals surface area (Å²) in [5.74, 6) is 0.157. The van der Waals surface area contributed by atoms with Crippen molar-refractivity contribution in [2.24, 2.45) is 11.3 Å². The summed E-state index contributed by atoms with van der Waals surface area (Å²) in [4.78, 5) is 12.0. The molecule has 2 amide bonds. The SMILES string of the molecule is Cc1ccc(NC(=O)NCC(C)(C)C(O)C(C)C)c(C)c1. The van der Waals surface area contributed by atoms with Gasteiger partial charge in [-0.15, -0.1) is 0 Å². The first kappa shape index (κ1) is 17.5. The molecule has 118 valence electrons.